The Kier molecular flexibility index (Phi) is 2.88. The van der Waals surface area contributed by atoms with Crippen LogP contribution in [-0.2, 0) is 4.79 Å². The van der Waals surface area contributed by atoms with E-state index in [2.05, 4.69) is 10.2 Å². The number of hydrogen-bond acceptors (Lipinski definition) is 2. The second kappa shape index (κ2) is 4.36. The van der Waals surface area contributed by atoms with Crippen molar-refractivity contribution in [3.63, 3.8) is 0 Å². The highest BCUT2D eigenvalue weighted by Gasteiger charge is 2.39. The summed E-state index contributed by atoms with van der Waals surface area (Å²) in [4.78, 5) is 14.6. The molecule has 3 nitrogen and oxygen atoms in total. The first-order valence-electron chi connectivity index (χ1n) is 6.90. The lowest BCUT2D eigenvalue weighted by molar-refractivity contribution is -0.137. The minimum atomic E-state index is 0.138. The molecule has 1 amide bonds. The molecule has 0 aromatic rings. The SMILES string of the molecule is O=C([C@H]1CCCN1)N1CCCC2CCCC21. The summed E-state index contributed by atoms with van der Waals surface area (Å²) >= 11 is 0. The Morgan fingerprint density at radius 3 is 2.75 bits per heavy atom. The fraction of sp³-hybridized carbons (Fsp3) is 0.923. The Labute approximate surface area is 97.6 Å². The van der Waals surface area contributed by atoms with Crippen LogP contribution in [0.5, 0.6) is 0 Å². The molecule has 3 atom stereocenters. The molecule has 1 aliphatic carbocycles. The fourth-order valence-electron chi connectivity index (χ4n) is 3.82. The Morgan fingerprint density at radius 2 is 1.94 bits per heavy atom. The average Bonchev–Trinajstić information content (AvgIpc) is 2.98. The molecule has 1 saturated carbocycles. The predicted octanol–water partition coefficient (Wildman–Crippen LogP) is 1.53. The molecule has 1 N–H and O–H groups in total. The van der Waals surface area contributed by atoms with Crippen LogP contribution in [-0.4, -0.2) is 36.0 Å². The normalized spacial score (nSPS) is 38.8. The number of amides is 1. The second-order valence-corrected chi connectivity index (χ2v) is 5.58. The minimum absolute atomic E-state index is 0.138. The van der Waals surface area contributed by atoms with Crippen LogP contribution in [0.2, 0.25) is 0 Å². The van der Waals surface area contributed by atoms with E-state index in [9.17, 15) is 4.79 Å². The lowest BCUT2D eigenvalue weighted by Gasteiger charge is -2.39. The topological polar surface area (TPSA) is 32.3 Å². The molecule has 90 valence electrons. The third kappa shape index (κ3) is 1.75. The van der Waals surface area contributed by atoms with Crippen LogP contribution in [0, 0.1) is 5.92 Å². The zero-order chi connectivity index (χ0) is 11.0. The summed E-state index contributed by atoms with van der Waals surface area (Å²) < 4.78 is 0. The van der Waals surface area contributed by atoms with E-state index < -0.39 is 0 Å². The van der Waals surface area contributed by atoms with Crippen molar-refractivity contribution < 1.29 is 4.79 Å². The van der Waals surface area contributed by atoms with E-state index in [1.165, 1.54) is 38.5 Å². The third-order valence-corrected chi connectivity index (χ3v) is 4.63. The molecule has 2 unspecified atom stereocenters. The molecule has 2 heterocycles. The largest absolute Gasteiger partial charge is 0.338 e. The van der Waals surface area contributed by atoms with E-state index in [0.29, 0.717) is 11.9 Å². The van der Waals surface area contributed by atoms with Crippen molar-refractivity contribution >= 4 is 5.91 Å². The fourth-order valence-corrected chi connectivity index (χ4v) is 3.82. The van der Waals surface area contributed by atoms with Gasteiger partial charge in [-0.05, 0) is 51.0 Å². The standard InChI is InChI=1S/C13H22N2O/c16-13(11-6-2-8-14-11)15-9-3-5-10-4-1-7-12(10)15/h10-12,14H,1-9H2/t10?,11-,12?/m1/s1. The van der Waals surface area contributed by atoms with E-state index in [1.807, 2.05) is 0 Å². The van der Waals surface area contributed by atoms with Gasteiger partial charge in [-0.15, -0.1) is 0 Å². The van der Waals surface area contributed by atoms with Crippen molar-refractivity contribution in [2.75, 3.05) is 13.1 Å². The number of carbonyl (C=O) groups is 1. The molecular formula is C13H22N2O. The van der Waals surface area contributed by atoms with Gasteiger partial charge >= 0.3 is 0 Å². The van der Waals surface area contributed by atoms with Crippen LogP contribution in [0.4, 0.5) is 0 Å². The molecule has 16 heavy (non-hydrogen) atoms. The molecule has 0 bridgehead atoms. The molecule has 0 spiro atoms. The van der Waals surface area contributed by atoms with Gasteiger partial charge in [-0.2, -0.15) is 0 Å². The van der Waals surface area contributed by atoms with Crippen molar-refractivity contribution in [2.24, 2.45) is 5.92 Å². The number of hydrogen-bond donors (Lipinski definition) is 1. The number of rotatable bonds is 1. The molecule has 3 fully saturated rings. The highest BCUT2D eigenvalue weighted by Crippen LogP contribution is 2.37. The first-order chi connectivity index (χ1) is 7.86. The maximum Gasteiger partial charge on any atom is 0.239 e. The van der Waals surface area contributed by atoms with Gasteiger partial charge in [-0.25, -0.2) is 0 Å². The van der Waals surface area contributed by atoms with E-state index in [0.717, 1.165) is 25.4 Å². The molecule has 3 rings (SSSR count). The van der Waals surface area contributed by atoms with Crippen molar-refractivity contribution in [3.8, 4) is 0 Å². The summed E-state index contributed by atoms with van der Waals surface area (Å²) in [7, 11) is 0. The van der Waals surface area contributed by atoms with Gasteiger partial charge in [0, 0.05) is 12.6 Å². The van der Waals surface area contributed by atoms with E-state index in [1.54, 1.807) is 0 Å². The van der Waals surface area contributed by atoms with Crippen LogP contribution in [0.3, 0.4) is 0 Å². The Balaban J connectivity index is 1.70. The average molecular weight is 222 g/mol. The summed E-state index contributed by atoms with van der Waals surface area (Å²) in [6.45, 7) is 2.04. The summed E-state index contributed by atoms with van der Waals surface area (Å²) in [5.41, 5.74) is 0. The van der Waals surface area contributed by atoms with Gasteiger partial charge in [0.05, 0.1) is 6.04 Å². The van der Waals surface area contributed by atoms with Gasteiger partial charge in [0.15, 0.2) is 0 Å². The van der Waals surface area contributed by atoms with Gasteiger partial charge in [-0.1, -0.05) is 6.42 Å². The molecule has 0 aromatic carbocycles. The summed E-state index contributed by atoms with van der Waals surface area (Å²) in [5.74, 6) is 1.22. The molecular weight excluding hydrogens is 200 g/mol. The van der Waals surface area contributed by atoms with Crippen molar-refractivity contribution in [1.29, 1.82) is 0 Å². The van der Waals surface area contributed by atoms with Crippen molar-refractivity contribution in [3.05, 3.63) is 0 Å². The first kappa shape index (κ1) is 10.6. The Hall–Kier alpha value is -0.570. The van der Waals surface area contributed by atoms with Crippen molar-refractivity contribution in [2.45, 2.75) is 57.0 Å². The number of piperidine rings is 1. The van der Waals surface area contributed by atoms with E-state index >= 15 is 0 Å². The monoisotopic (exact) mass is 222 g/mol. The quantitative estimate of drug-likeness (QED) is 0.729. The van der Waals surface area contributed by atoms with Crippen LogP contribution >= 0.6 is 0 Å². The number of carbonyl (C=O) groups excluding carboxylic acids is 1. The van der Waals surface area contributed by atoms with Crippen LogP contribution in [0.1, 0.15) is 44.9 Å². The lowest BCUT2D eigenvalue weighted by Crippen LogP contribution is -2.52. The predicted molar refractivity (Wildman–Crippen MR) is 63.1 cm³/mol. The zero-order valence-corrected chi connectivity index (χ0v) is 9.95. The summed E-state index contributed by atoms with van der Waals surface area (Å²) in [6, 6.07) is 0.725. The molecule has 0 aromatic heterocycles. The number of likely N-dealkylation sites (tertiary alicyclic amines) is 1. The first-order valence-corrected chi connectivity index (χ1v) is 6.90. The summed E-state index contributed by atoms with van der Waals surface area (Å²) in [6.07, 6.45) is 8.73. The summed E-state index contributed by atoms with van der Waals surface area (Å²) in [5, 5.41) is 3.34. The Bertz CT molecular complexity index is 273. The van der Waals surface area contributed by atoms with Gasteiger partial charge in [0.2, 0.25) is 5.91 Å². The van der Waals surface area contributed by atoms with Gasteiger partial charge in [0.25, 0.3) is 0 Å². The molecule has 3 heteroatoms. The molecule has 3 aliphatic rings. The molecule has 2 saturated heterocycles. The van der Waals surface area contributed by atoms with Gasteiger partial charge in [-0.3, -0.25) is 4.79 Å². The van der Waals surface area contributed by atoms with E-state index in [4.69, 9.17) is 0 Å². The molecule has 2 aliphatic heterocycles. The number of nitrogens with zero attached hydrogens (tertiary/aromatic N) is 1. The van der Waals surface area contributed by atoms with E-state index in [-0.39, 0.29) is 6.04 Å². The minimum Gasteiger partial charge on any atom is -0.338 e. The number of nitrogens with one attached hydrogen (secondary N) is 1. The van der Waals surface area contributed by atoms with Gasteiger partial charge < -0.3 is 10.2 Å². The molecule has 0 radical (unpaired) electrons. The maximum absolute atomic E-state index is 12.4. The third-order valence-electron chi connectivity index (χ3n) is 4.63. The van der Waals surface area contributed by atoms with Crippen LogP contribution in [0.25, 0.3) is 0 Å². The van der Waals surface area contributed by atoms with Gasteiger partial charge in [0.1, 0.15) is 0 Å². The number of fused-ring (bicyclic) bond motifs is 1. The highest BCUT2D eigenvalue weighted by atomic mass is 16.2. The smallest absolute Gasteiger partial charge is 0.239 e. The van der Waals surface area contributed by atoms with Crippen molar-refractivity contribution in [1.82, 2.24) is 10.2 Å². The lowest BCUT2D eigenvalue weighted by atomic mass is 9.91. The van der Waals surface area contributed by atoms with Crippen LogP contribution < -0.4 is 5.32 Å². The zero-order valence-electron chi connectivity index (χ0n) is 9.95. The highest BCUT2D eigenvalue weighted by molar-refractivity contribution is 5.82. The Morgan fingerprint density at radius 1 is 1.06 bits per heavy atom. The second-order valence-electron chi connectivity index (χ2n) is 5.58. The van der Waals surface area contributed by atoms with Crippen LogP contribution in [0.15, 0.2) is 0 Å². The maximum atomic E-state index is 12.4.